The fraction of sp³-hybridized carbons (Fsp3) is 0.385. The Morgan fingerprint density at radius 1 is 1.42 bits per heavy atom. The van der Waals surface area contributed by atoms with E-state index < -0.39 is 5.97 Å². The molecule has 2 N–H and O–H groups in total. The van der Waals surface area contributed by atoms with Crippen LogP contribution in [0.25, 0.3) is 0 Å². The van der Waals surface area contributed by atoms with Gasteiger partial charge in [-0.05, 0) is 60.1 Å². The molecule has 6 heteroatoms. The van der Waals surface area contributed by atoms with Crippen LogP contribution in [0.5, 0.6) is 0 Å². The zero-order chi connectivity index (χ0) is 14.0. The van der Waals surface area contributed by atoms with Gasteiger partial charge in [-0.15, -0.1) is 0 Å². The zero-order valence-electron chi connectivity index (χ0n) is 10.5. The van der Waals surface area contributed by atoms with Gasteiger partial charge in [0.1, 0.15) is 0 Å². The first-order valence-electron chi connectivity index (χ1n) is 6.05. The number of carbonyl (C=O) groups is 2. The van der Waals surface area contributed by atoms with Gasteiger partial charge in [0.2, 0.25) is 0 Å². The number of carboxylic acid groups (broad SMARTS) is 1. The van der Waals surface area contributed by atoms with Gasteiger partial charge in [0.15, 0.2) is 0 Å². The number of aromatic carboxylic acids is 1. The van der Waals surface area contributed by atoms with Crippen LogP contribution in [-0.4, -0.2) is 35.1 Å². The molecule has 0 radical (unpaired) electrons. The Hall–Kier alpha value is -1.31. The zero-order valence-corrected chi connectivity index (χ0v) is 12.7. The van der Waals surface area contributed by atoms with Crippen LogP contribution in [0, 0.1) is 3.57 Å². The van der Waals surface area contributed by atoms with E-state index >= 15 is 0 Å². The Labute approximate surface area is 125 Å². The van der Waals surface area contributed by atoms with Crippen LogP contribution in [0.3, 0.4) is 0 Å². The Morgan fingerprint density at radius 2 is 2.11 bits per heavy atom. The molecular formula is C13H15IN2O3. The van der Waals surface area contributed by atoms with Crippen molar-refractivity contribution in [3.63, 3.8) is 0 Å². The van der Waals surface area contributed by atoms with Crippen molar-refractivity contribution < 1.29 is 14.7 Å². The van der Waals surface area contributed by atoms with Gasteiger partial charge in [0, 0.05) is 16.7 Å². The second kappa shape index (κ2) is 5.77. The van der Waals surface area contributed by atoms with E-state index in [1.165, 1.54) is 0 Å². The predicted molar refractivity (Wildman–Crippen MR) is 80.5 cm³/mol. The van der Waals surface area contributed by atoms with E-state index in [0.29, 0.717) is 5.69 Å². The van der Waals surface area contributed by atoms with Crippen LogP contribution in [0.2, 0.25) is 0 Å². The van der Waals surface area contributed by atoms with Gasteiger partial charge in [-0.2, -0.15) is 0 Å². The molecule has 0 aliphatic heterocycles. The van der Waals surface area contributed by atoms with Crippen LogP contribution < -0.4 is 5.32 Å². The number of nitrogens with zero attached hydrogens (tertiary/aromatic N) is 1. The summed E-state index contributed by atoms with van der Waals surface area (Å²) in [6, 6.07) is 4.96. The molecule has 2 rings (SSSR count). The summed E-state index contributed by atoms with van der Waals surface area (Å²) < 4.78 is 0.820. The summed E-state index contributed by atoms with van der Waals surface area (Å²) >= 11 is 2.04. The molecule has 102 valence electrons. The van der Waals surface area contributed by atoms with Gasteiger partial charge >= 0.3 is 12.0 Å². The Balaban J connectivity index is 2.13. The maximum Gasteiger partial charge on any atom is 0.337 e. The molecule has 5 nitrogen and oxygen atoms in total. The summed E-state index contributed by atoms with van der Waals surface area (Å²) in [6.07, 6.45) is 3.18. The maximum absolute atomic E-state index is 12.0. The molecular weight excluding hydrogens is 359 g/mol. The molecule has 1 aromatic carbocycles. The predicted octanol–water partition coefficient (Wildman–Crippen LogP) is 3.01. The highest BCUT2D eigenvalue weighted by Gasteiger charge is 2.26. The van der Waals surface area contributed by atoms with E-state index in [0.717, 1.165) is 22.8 Å². The number of carboxylic acids is 1. The number of carbonyl (C=O) groups excluding carboxylic acids is 1. The number of benzene rings is 1. The number of nitrogens with one attached hydrogen (secondary N) is 1. The second-order valence-corrected chi connectivity index (χ2v) is 5.87. The summed E-state index contributed by atoms with van der Waals surface area (Å²) in [7, 11) is 1.74. The summed E-state index contributed by atoms with van der Waals surface area (Å²) in [5, 5.41) is 11.8. The molecule has 0 bridgehead atoms. The minimum atomic E-state index is -1.04. The minimum absolute atomic E-state index is 0.113. The molecule has 2 amide bonds. The van der Waals surface area contributed by atoms with E-state index in [2.05, 4.69) is 5.32 Å². The van der Waals surface area contributed by atoms with Crippen molar-refractivity contribution in [2.75, 3.05) is 12.4 Å². The molecule has 1 aliphatic rings. The Morgan fingerprint density at radius 3 is 2.63 bits per heavy atom. The van der Waals surface area contributed by atoms with Crippen molar-refractivity contribution in [1.29, 1.82) is 0 Å². The maximum atomic E-state index is 12.0. The lowest BCUT2D eigenvalue weighted by Crippen LogP contribution is -2.43. The monoisotopic (exact) mass is 374 g/mol. The minimum Gasteiger partial charge on any atom is -0.478 e. The van der Waals surface area contributed by atoms with Gasteiger partial charge in [-0.25, -0.2) is 9.59 Å². The number of amides is 2. The molecule has 19 heavy (non-hydrogen) atoms. The number of rotatable bonds is 3. The van der Waals surface area contributed by atoms with E-state index in [4.69, 9.17) is 5.11 Å². The first-order chi connectivity index (χ1) is 8.99. The van der Waals surface area contributed by atoms with E-state index in [1.807, 2.05) is 22.6 Å². The lowest BCUT2D eigenvalue weighted by molar-refractivity contribution is 0.0698. The van der Waals surface area contributed by atoms with Gasteiger partial charge in [0.05, 0.1) is 11.3 Å². The third-order valence-electron chi connectivity index (χ3n) is 3.40. The van der Waals surface area contributed by atoms with Gasteiger partial charge in [-0.3, -0.25) is 0 Å². The highest BCUT2D eigenvalue weighted by molar-refractivity contribution is 14.1. The van der Waals surface area contributed by atoms with Crippen LogP contribution in [0.15, 0.2) is 18.2 Å². The fourth-order valence-corrected chi connectivity index (χ4v) is 2.44. The van der Waals surface area contributed by atoms with Crippen LogP contribution in [-0.2, 0) is 0 Å². The van der Waals surface area contributed by atoms with Gasteiger partial charge in [0.25, 0.3) is 0 Å². The summed E-state index contributed by atoms with van der Waals surface area (Å²) in [6.45, 7) is 0. The summed E-state index contributed by atoms with van der Waals surface area (Å²) in [4.78, 5) is 24.8. The lowest BCUT2D eigenvalue weighted by atomic mass is 9.92. The molecule has 0 saturated heterocycles. The molecule has 1 fully saturated rings. The molecule has 0 atom stereocenters. The average Bonchev–Trinajstić information content (AvgIpc) is 2.28. The van der Waals surface area contributed by atoms with Crippen molar-refractivity contribution in [2.45, 2.75) is 25.3 Å². The topological polar surface area (TPSA) is 69.6 Å². The third kappa shape index (κ3) is 3.17. The first kappa shape index (κ1) is 14.1. The van der Waals surface area contributed by atoms with Crippen LogP contribution in [0.1, 0.15) is 29.6 Å². The van der Waals surface area contributed by atoms with Crippen molar-refractivity contribution in [1.82, 2.24) is 4.90 Å². The molecule has 0 heterocycles. The molecule has 0 unspecified atom stereocenters. The Kier molecular flexibility index (Phi) is 4.28. The van der Waals surface area contributed by atoms with Crippen molar-refractivity contribution >= 4 is 40.3 Å². The SMILES string of the molecule is CN(C(=O)Nc1ccc(I)cc1C(=O)O)C1CCC1. The highest BCUT2D eigenvalue weighted by atomic mass is 127. The molecule has 1 aromatic rings. The molecule has 0 aromatic heterocycles. The number of halogens is 1. The number of anilines is 1. The van der Waals surface area contributed by atoms with Crippen molar-refractivity contribution in [2.24, 2.45) is 0 Å². The van der Waals surface area contributed by atoms with Crippen molar-refractivity contribution in [3.05, 3.63) is 27.3 Å². The summed E-state index contributed by atoms with van der Waals surface area (Å²) in [5.41, 5.74) is 0.450. The lowest BCUT2D eigenvalue weighted by Gasteiger charge is -2.34. The smallest absolute Gasteiger partial charge is 0.337 e. The quantitative estimate of drug-likeness (QED) is 0.800. The van der Waals surface area contributed by atoms with E-state index in [9.17, 15) is 9.59 Å². The average molecular weight is 374 g/mol. The van der Waals surface area contributed by atoms with E-state index in [-0.39, 0.29) is 17.6 Å². The first-order valence-corrected chi connectivity index (χ1v) is 7.13. The standard InChI is InChI=1S/C13H15IN2O3/c1-16(9-3-2-4-9)13(19)15-11-6-5-8(14)7-10(11)12(17)18/h5-7,9H,2-4H2,1H3,(H,15,19)(H,17,18). The number of hydrogen-bond donors (Lipinski definition) is 2. The van der Waals surface area contributed by atoms with Gasteiger partial charge in [-0.1, -0.05) is 0 Å². The molecule has 0 spiro atoms. The fourth-order valence-electron chi connectivity index (χ4n) is 1.95. The second-order valence-electron chi connectivity index (χ2n) is 4.62. The van der Waals surface area contributed by atoms with E-state index in [1.54, 1.807) is 30.1 Å². The van der Waals surface area contributed by atoms with Gasteiger partial charge < -0.3 is 15.3 Å². The number of hydrogen-bond acceptors (Lipinski definition) is 2. The summed E-state index contributed by atoms with van der Waals surface area (Å²) in [5.74, 6) is -1.04. The normalized spacial score (nSPS) is 14.6. The third-order valence-corrected chi connectivity index (χ3v) is 4.07. The highest BCUT2D eigenvalue weighted by Crippen LogP contribution is 2.25. The molecule has 1 aliphatic carbocycles. The molecule has 1 saturated carbocycles. The largest absolute Gasteiger partial charge is 0.478 e. The Bertz CT molecular complexity index is 515. The van der Waals surface area contributed by atoms with Crippen LogP contribution >= 0.6 is 22.6 Å². The number of urea groups is 1. The van der Waals surface area contributed by atoms with Crippen molar-refractivity contribution in [3.8, 4) is 0 Å². The van der Waals surface area contributed by atoms with Crippen LogP contribution in [0.4, 0.5) is 10.5 Å².